The van der Waals surface area contributed by atoms with E-state index in [1.165, 1.54) is 27.9 Å². The van der Waals surface area contributed by atoms with E-state index in [9.17, 15) is 0 Å². The lowest BCUT2D eigenvalue weighted by Gasteiger charge is -2.43. The van der Waals surface area contributed by atoms with E-state index in [-0.39, 0.29) is 12.2 Å². The van der Waals surface area contributed by atoms with Crippen molar-refractivity contribution < 1.29 is 18.9 Å². The summed E-state index contributed by atoms with van der Waals surface area (Å²) in [5.41, 5.74) is 6.80. The number of benzene rings is 4. The Bertz CT molecular complexity index is 1430. The van der Waals surface area contributed by atoms with Crippen LogP contribution in [0.4, 0.5) is 5.69 Å². The van der Waals surface area contributed by atoms with E-state index in [4.69, 9.17) is 18.9 Å². The fourth-order valence-corrected chi connectivity index (χ4v) is 6.73. The van der Waals surface area contributed by atoms with Crippen LogP contribution in [0.2, 0.25) is 0 Å². The lowest BCUT2D eigenvalue weighted by Crippen LogP contribution is -2.39. The molecule has 6 rings (SSSR count). The van der Waals surface area contributed by atoms with Crippen molar-refractivity contribution in [3.63, 3.8) is 0 Å². The minimum absolute atomic E-state index is 0.0378. The Morgan fingerprint density at radius 2 is 1.50 bits per heavy atom. The average Bonchev–Trinajstić information content (AvgIpc) is 3.06. The van der Waals surface area contributed by atoms with Crippen molar-refractivity contribution in [1.82, 2.24) is 0 Å². The van der Waals surface area contributed by atoms with Crippen LogP contribution in [0.5, 0.6) is 5.75 Å². The first-order valence-corrected chi connectivity index (χ1v) is 15.0. The van der Waals surface area contributed by atoms with Crippen molar-refractivity contribution in [2.45, 2.75) is 50.8 Å². The van der Waals surface area contributed by atoms with Crippen LogP contribution < -0.4 is 9.64 Å². The largest absolute Gasteiger partial charge is 0.489 e. The number of methoxy groups -OCH3 is 2. The molecule has 4 aromatic rings. The van der Waals surface area contributed by atoms with Gasteiger partial charge in [0.15, 0.2) is 6.29 Å². The van der Waals surface area contributed by atoms with E-state index in [0.29, 0.717) is 19.1 Å². The van der Waals surface area contributed by atoms with Gasteiger partial charge in [-0.25, -0.2) is 0 Å². The standard InChI is InChI=1S/C37H41NO4/c1-37(31-12-8-5-9-13-31)35(28-14-16-32(17-15-28)38-22-20-29(21-23-38)36(39-2)40-3)34-19-18-33(24-30(34)26-42-37)41-25-27-10-6-4-7-11-27/h4-19,24,29,35-36H,20-23,25-26H2,1-3H3. The Morgan fingerprint density at radius 3 is 2.17 bits per heavy atom. The summed E-state index contributed by atoms with van der Waals surface area (Å²) < 4.78 is 24.0. The zero-order valence-corrected chi connectivity index (χ0v) is 24.9. The summed E-state index contributed by atoms with van der Waals surface area (Å²) in [6.45, 7) is 5.31. The topological polar surface area (TPSA) is 40.2 Å². The van der Waals surface area contributed by atoms with Gasteiger partial charge in [0.25, 0.3) is 0 Å². The van der Waals surface area contributed by atoms with Crippen LogP contribution in [0.15, 0.2) is 103 Å². The van der Waals surface area contributed by atoms with Crippen LogP contribution in [0.1, 0.15) is 53.5 Å². The SMILES string of the molecule is COC(OC)C1CCN(c2ccc(C3c4ccc(OCc5ccccc5)cc4COC3(C)c3ccccc3)cc2)CC1. The average molecular weight is 564 g/mol. The third-order valence-corrected chi connectivity index (χ3v) is 9.08. The van der Waals surface area contributed by atoms with Crippen molar-refractivity contribution in [1.29, 1.82) is 0 Å². The van der Waals surface area contributed by atoms with E-state index in [1.54, 1.807) is 14.2 Å². The smallest absolute Gasteiger partial charge is 0.159 e. The predicted octanol–water partition coefficient (Wildman–Crippen LogP) is 7.68. The monoisotopic (exact) mass is 563 g/mol. The molecule has 2 aliphatic heterocycles. The van der Waals surface area contributed by atoms with E-state index in [0.717, 1.165) is 37.2 Å². The number of anilines is 1. The summed E-state index contributed by atoms with van der Waals surface area (Å²) in [6.07, 6.45) is 1.98. The molecule has 42 heavy (non-hydrogen) atoms. The molecule has 4 aromatic carbocycles. The highest BCUT2D eigenvalue weighted by atomic mass is 16.7. The maximum atomic E-state index is 6.78. The highest BCUT2D eigenvalue weighted by Crippen LogP contribution is 2.50. The van der Waals surface area contributed by atoms with Crippen molar-refractivity contribution in [2.75, 3.05) is 32.2 Å². The number of piperidine rings is 1. The Hall–Kier alpha value is -3.64. The molecule has 0 aliphatic carbocycles. The Balaban J connectivity index is 1.27. The molecule has 5 nitrogen and oxygen atoms in total. The number of fused-ring (bicyclic) bond motifs is 1. The normalized spacial score (nSPS) is 20.9. The van der Waals surface area contributed by atoms with Gasteiger partial charge < -0.3 is 23.8 Å². The minimum Gasteiger partial charge on any atom is -0.489 e. The van der Waals surface area contributed by atoms with Crippen LogP contribution in [-0.2, 0) is 33.0 Å². The van der Waals surface area contributed by atoms with Gasteiger partial charge in [-0.05, 0) is 71.8 Å². The van der Waals surface area contributed by atoms with Crippen molar-refractivity contribution in [3.8, 4) is 5.75 Å². The molecule has 218 valence electrons. The van der Waals surface area contributed by atoms with Crippen molar-refractivity contribution in [3.05, 3.63) is 131 Å². The molecule has 1 saturated heterocycles. The van der Waals surface area contributed by atoms with Crippen LogP contribution in [0.3, 0.4) is 0 Å². The summed E-state index contributed by atoms with van der Waals surface area (Å²) in [5, 5.41) is 0. The van der Waals surface area contributed by atoms with Crippen LogP contribution in [0, 0.1) is 5.92 Å². The van der Waals surface area contributed by atoms with Crippen LogP contribution in [0.25, 0.3) is 0 Å². The van der Waals surface area contributed by atoms with Gasteiger partial charge in [-0.2, -0.15) is 0 Å². The number of ether oxygens (including phenoxy) is 4. The summed E-state index contributed by atoms with van der Waals surface area (Å²) in [4.78, 5) is 2.47. The molecule has 2 unspecified atom stereocenters. The zero-order chi connectivity index (χ0) is 28.9. The predicted molar refractivity (Wildman–Crippen MR) is 167 cm³/mol. The lowest BCUT2D eigenvalue weighted by atomic mass is 9.71. The summed E-state index contributed by atoms with van der Waals surface area (Å²) in [7, 11) is 3.46. The number of hydrogen-bond donors (Lipinski definition) is 0. The van der Waals surface area contributed by atoms with Gasteiger partial charge in [0.1, 0.15) is 18.0 Å². The molecule has 0 saturated carbocycles. The minimum atomic E-state index is -0.504. The first-order valence-electron chi connectivity index (χ1n) is 15.0. The maximum absolute atomic E-state index is 6.78. The Kier molecular flexibility index (Phi) is 8.61. The lowest BCUT2D eigenvalue weighted by molar-refractivity contribution is -0.141. The summed E-state index contributed by atoms with van der Waals surface area (Å²) >= 11 is 0. The third kappa shape index (κ3) is 5.82. The second-order valence-electron chi connectivity index (χ2n) is 11.6. The summed E-state index contributed by atoms with van der Waals surface area (Å²) in [5.74, 6) is 1.33. The van der Waals surface area contributed by atoms with E-state index >= 15 is 0 Å². The van der Waals surface area contributed by atoms with Gasteiger partial charge in [-0.1, -0.05) is 78.9 Å². The van der Waals surface area contributed by atoms with Gasteiger partial charge in [0.05, 0.1) is 6.61 Å². The molecule has 0 bridgehead atoms. The van der Waals surface area contributed by atoms with Gasteiger partial charge in [-0.3, -0.25) is 0 Å². The van der Waals surface area contributed by atoms with Gasteiger partial charge in [-0.15, -0.1) is 0 Å². The fourth-order valence-electron chi connectivity index (χ4n) is 6.73. The molecule has 0 radical (unpaired) electrons. The van der Waals surface area contributed by atoms with Crippen molar-refractivity contribution >= 4 is 5.69 Å². The van der Waals surface area contributed by atoms with Gasteiger partial charge in [0.2, 0.25) is 0 Å². The van der Waals surface area contributed by atoms with Crippen LogP contribution in [-0.4, -0.2) is 33.6 Å². The van der Waals surface area contributed by atoms with Gasteiger partial charge in [0, 0.05) is 44.8 Å². The number of nitrogens with zero attached hydrogens (tertiary/aromatic N) is 1. The molecule has 5 heteroatoms. The highest BCUT2D eigenvalue weighted by Gasteiger charge is 2.43. The fraction of sp³-hybridized carbons (Fsp3) is 0.351. The number of rotatable bonds is 9. The molecule has 0 spiro atoms. The molecular formula is C37H41NO4. The number of hydrogen-bond acceptors (Lipinski definition) is 5. The molecule has 2 aliphatic rings. The molecule has 0 aromatic heterocycles. The molecule has 0 amide bonds. The van der Waals surface area contributed by atoms with Crippen molar-refractivity contribution in [2.24, 2.45) is 5.92 Å². The molecule has 1 fully saturated rings. The molecule has 0 N–H and O–H groups in total. The zero-order valence-electron chi connectivity index (χ0n) is 24.9. The first-order chi connectivity index (χ1) is 20.6. The van der Waals surface area contributed by atoms with Crippen LogP contribution >= 0.6 is 0 Å². The highest BCUT2D eigenvalue weighted by molar-refractivity contribution is 5.53. The summed E-state index contributed by atoms with van der Waals surface area (Å²) in [6, 6.07) is 36.5. The second-order valence-corrected chi connectivity index (χ2v) is 11.6. The quantitative estimate of drug-likeness (QED) is 0.195. The Morgan fingerprint density at radius 1 is 0.833 bits per heavy atom. The molecule has 2 heterocycles. The Labute approximate surface area is 250 Å². The third-order valence-electron chi connectivity index (χ3n) is 9.08. The molecule has 2 atom stereocenters. The van der Waals surface area contributed by atoms with Gasteiger partial charge >= 0.3 is 0 Å². The van der Waals surface area contributed by atoms with E-state index in [2.05, 4.69) is 96.8 Å². The van der Waals surface area contributed by atoms with E-state index in [1.807, 2.05) is 18.2 Å². The molecular weight excluding hydrogens is 522 g/mol. The maximum Gasteiger partial charge on any atom is 0.159 e. The second kappa shape index (κ2) is 12.7. The van der Waals surface area contributed by atoms with E-state index < -0.39 is 5.60 Å². The first kappa shape index (κ1) is 28.5.